The van der Waals surface area contributed by atoms with Gasteiger partial charge in [-0.25, -0.2) is 0 Å². The molecule has 0 radical (unpaired) electrons. The van der Waals surface area contributed by atoms with Gasteiger partial charge < -0.3 is 31.3 Å². The van der Waals surface area contributed by atoms with Crippen LogP contribution in [-0.4, -0.2) is 57.3 Å². The summed E-state index contributed by atoms with van der Waals surface area (Å²) in [6, 6.07) is -1.51. The van der Waals surface area contributed by atoms with Gasteiger partial charge in [0.15, 0.2) is 0 Å². The predicted molar refractivity (Wildman–Crippen MR) is 63.3 cm³/mol. The normalized spacial score (nSPS) is 12.3. The minimum atomic E-state index is -4.63. The molecule has 0 aromatic carbocycles. The van der Waals surface area contributed by atoms with Gasteiger partial charge in [-0.1, -0.05) is 0 Å². The lowest BCUT2D eigenvalue weighted by molar-refractivity contribution is -0.138. The van der Waals surface area contributed by atoms with Gasteiger partial charge in [0.2, 0.25) is 17.7 Å². The van der Waals surface area contributed by atoms with Crippen molar-refractivity contribution in [3.8, 4) is 0 Å². The molecule has 0 spiro atoms. The zero-order valence-corrected chi connectivity index (χ0v) is 11.0. The van der Waals surface area contributed by atoms with Gasteiger partial charge in [0, 0.05) is 0 Å². The van der Waals surface area contributed by atoms with Crippen molar-refractivity contribution >= 4 is 31.3 Å². The first-order chi connectivity index (χ1) is 9.01. The molecule has 0 rings (SSSR count). The molecule has 3 amide bonds. The summed E-state index contributed by atoms with van der Waals surface area (Å²) in [6.07, 6.45) is -1.81. The summed E-state index contributed by atoms with van der Waals surface area (Å²) in [5, 5.41) is 12.2. The van der Waals surface area contributed by atoms with E-state index >= 15 is 0 Å². The molecular formula is C8H14N3O8P. The lowest BCUT2D eigenvalue weighted by atomic mass is 10.2. The molecule has 0 aliphatic heterocycles. The highest BCUT2D eigenvalue weighted by atomic mass is 31.2. The quantitative estimate of drug-likeness (QED) is 0.251. The molecule has 0 saturated carbocycles. The zero-order valence-electron chi connectivity index (χ0n) is 10.1. The summed E-state index contributed by atoms with van der Waals surface area (Å²) in [5.41, 5.74) is 4.85. The summed E-state index contributed by atoms with van der Waals surface area (Å²) < 4.78 is 10.6. The first kappa shape index (κ1) is 18.0. The first-order valence-corrected chi connectivity index (χ1v) is 6.92. The number of rotatable bonds is 8. The molecule has 12 heteroatoms. The molecule has 0 heterocycles. The second-order valence-corrected chi connectivity index (χ2v) is 5.37. The molecule has 0 aromatic heterocycles. The Morgan fingerprint density at radius 1 is 1.20 bits per heavy atom. The van der Waals surface area contributed by atoms with E-state index in [0.29, 0.717) is 0 Å². The van der Waals surface area contributed by atoms with Gasteiger partial charge >= 0.3 is 13.6 Å². The Hall–Kier alpha value is -1.97. The summed E-state index contributed by atoms with van der Waals surface area (Å²) in [4.78, 5) is 60.9. The molecule has 20 heavy (non-hydrogen) atoms. The van der Waals surface area contributed by atoms with Crippen LogP contribution in [-0.2, 0) is 23.7 Å². The summed E-state index contributed by atoms with van der Waals surface area (Å²) in [6.45, 7) is -0.748. The lowest BCUT2D eigenvalue weighted by Gasteiger charge is -2.16. The van der Waals surface area contributed by atoms with Gasteiger partial charge in [0.25, 0.3) is 0 Å². The third-order valence-corrected chi connectivity index (χ3v) is 2.52. The minimum absolute atomic E-state index is 0.641. The molecule has 0 fully saturated rings. The van der Waals surface area contributed by atoms with Crippen molar-refractivity contribution in [1.29, 1.82) is 0 Å². The predicted octanol–water partition coefficient (Wildman–Crippen LogP) is -3.27. The molecule has 0 saturated heterocycles. The van der Waals surface area contributed by atoms with E-state index in [4.69, 9.17) is 20.6 Å². The number of carbonyl (C=O) groups excluding carboxylic acids is 3. The number of carboxylic acid groups (broad SMARTS) is 1. The van der Waals surface area contributed by atoms with Gasteiger partial charge in [-0.15, -0.1) is 0 Å². The van der Waals surface area contributed by atoms with E-state index in [1.165, 1.54) is 0 Å². The van der Waals surface area contributed by atoms with Crippen LogP contribution in [0.25, 0.3) is 0 Å². The number of carboxylic acids is 1. The Kier molecular flexibility index (Phi) is 6.83. The van der Waals surface area contributed by atoms with E-state index in [1.807, 2.05) is 10.6 Å². The van der Waals surface area contributed by atoms with Crippen molar-refractivity contribution in [2.45, 2.75) is 12.5 Å². The third-order valence-electron chi connectivity index (χ3n) is 1.82. The van der Waals surface area contributed by atoms with Gasteiger partial charge in [0.1, 0.15) is 18.7 Å². The van der Waals surface area contributed by atoms with Crippen LogP contribution >= 0.6 is 7.60 Å². The van der Waals surface area contributed by atoms with E-state index < -0.39 is 56.5 Å². The number of aliphatic carboxylic acids is 1. The maximum Gasteiger partial charge on any atom is 0.334 e. The number of carbonyl (C=O) groups is 4. The van der Waals surface area contributed by atoms with E-state index in [9.17, 15) is 23.7 Å². The fourth-order valence-electron chi connectivity index (χ4n) is 1.12. The van der Waals surface area contributed by atoms with E-state index in [0.717, 1.165) is 0 Å². The fourth-order valence-corrected chi connectivity index (χ4v) is 1.59. The van der Waals surface area contributed by atoms with Crippen LogP contribution in [0.3, 0.4) is 0 Å². The Labute approximate surface area is 112 Å². The summed E-state index contributed by atoms with van der Waals surface area (Å²) in [7, 11) is -4.63. The lowest BCUT2D eigenvalue weighted by Crippen LogP contribution is -2.50. The molecule has 1 atom stereocenters. The van der Waals surface area contributed by atoms with Gasteiger partial charge in [-0.2, -0.15) is 0 Å². The van der Waals surface area contributed by atoms with Crippen LogP contribution < -0.4 is 16.4 Å². The zero-order chi connectivity index (χ0) is 15.9. The van der Waals surface area contributed by atoms with Crippen LogP contribution in [0, 0.1) is 0 Å². The van der Waals surface area contributed by atoms with Crippen LogP contribution in [0.1, 0.15) is 6.42 Å². The monoisotopic (exact) mass is 311 g/mol. The highest BCUT2D eigenvalue weighted by Gasteiger charge is 2.26. The SMILES string of the molecule is NC(=O)CC(NC(=O)CP(=O)(O)O)C(=O)NCC(=O)O. The van der Waals surface area contributed by atoms with Crippen LogP contribution in [0.4, 0.5) is 0 Å². The molecule has 7 N–H and O–H groups in total. The summed E-state index contributed by atoms with van der Waals surface area (Å²) in [5.74, 6) is -4.49. The number of hydrogen-bond donors (Lipinski definition) is 6. The van der Waals surface area contributed by atoms with E-state index in [-0.39, 0.29) is 0 Å². The summed E-state index contributed by atoms with van der Waals surface area (Å²) >= 11 is 0. The molecular weight excluding hydrogens is 297 g/mol. The van der Waals surface area contributed by atoms with Gasteiger partial charge in [-0.05, 0) is 0 Å². The van der Waals surface area contributed by atoms with Gasteiger partial charge in [0.05, 0.1) is 6.42 Å². The first-order valence-electron chi connectivity index (χ1n) is 5.13. The van der Waals surface area contributed by atoms with E-state index in [1.54, 1.807) is 0 Å². The third kappa shape index (κ3) is 9.03. The van der Waals surface area contributed by atoms with Crippen molar-refractivity contribution in [1.82, 2.24) is 10.6 Å². The number of primary amides is 1. The van der Waals surface area contributed by atoms with Crippen molar-refractivity contribution in [3.63, 3.8) is 0 Å². The highest BCUT2D eigenvalue weighted by Crippen LogP contribution is 2.33. The average molecular weight is 311 g/mol. The topological polar surface area (TPSA) is 196 Å². The smallest absolute Gasteiger partial charge is 0.334 e. The molecule has 1 unspecified atom stereocenters. The molecule has 0 aliphatic rings. The van der Waals surface area contributed by atoms with Crippen molar-refractivity contribution in [3.05, 3.63) is 0 Å². The van der Waals surface area contributed by atoms with E-state index in [2.05, 4.69) is 0 Å². The van der Waals surface area contributed by atoms with Crippen LogP contribution in [0.15, 0.2) is 0 Å². The molecule has 0 bridgehead atoms. The molecule has 11 nitrogen and oxygen atoms in total. The Morgan fingerprint density at radius 2 is 1.75 bits per heavy atom. The number of amides is 3. The molecule has 0 aliphatic carbocycles. The maximum absolute atomic E-state index is 11.5. The molecule has 0 aromatic rings. The van der Waals surface area contributed by atoms with Crippen LogP contribution in [0.2, 0.25) is 0 Å². The molecule has 114 valence electrons. The minimum Gasteiger partial charge on any atom is -0.480 e. The Bertz CT molecular complexity index is 459. The van der Waals surface area contributed by atoms with Crippen molar-refractivity contribution in [2.75, 3.05) is 12.7 Å². The Balaban J connectivity index is 4.67. The van der Waals surface area contributed by atoms with Crippen LogP contribution in [0.5, 0.6) is 0 Å². The standard InChI is InChI=1S/C8H14N3O8P/c9-5(12)1-4(8(16)10-2-7(14)15)11-6(13)3-20(17,18)19/h4H,1-3H2,(H2,9,12)(H,10,16)(H,11,13)(H,14,15)(H2,17,18,19). The number of nitrogens with two attached hydrogens (primary N) is 1. The average Bonchev–Trinajstić information content (AvgIpc) is 2.21. The number of hydrogen-bond acceptors (Lipinski definition) is 5. The fraction of sp³-hybridized carbons (Fsp3) is 0.500. The maximum atomic E-state index is 11.5. The number of nitrogens with one attached hydrogen (secondary N) is 2. The van der Waals surface area contributed by atoms with Crippen molar-refractivity contribution in [2.24, 2.45) is 5.73 Å². The largest absolute Gasteiger partial charge is 0.480 e. The highest BCUT2D eigenvalue weighted by molar-refractivity contribution is 7.52. The second-order valence-electron chi connectivity index (χ2n) is 3.72. The van der Waals surface area contributed by atoms with Crippen molar-refractivity contribution < 1.29 is 38.6 Å². The second kappa shape index (κ2) is 7.58. The Morgan fingerprint density at radius 3 is 2.15 bits per heavy atom. The van der Waals surface area contributed by atoms with Gasteiger partial charge in [-0.3, -0.25) is 23.7 Å².